The maximum Gasteiger partial charge on any atom is 0.123 e. The second-order valence-corrected chi connectivity index (χ2v) is 6.60. The summed E-state index contributed by atoms with van der Waals surface area (Å²) in [6.07, 6.45) is 0.779. The summed E-state index contributed by atoms with van der Waals surface area (Å²) in [7, 11) is 0. The third-order valence-electron chi connectivity index (χ3n) is 4.34. The Labute approximate surface area is 132 Å². The zero-order valence-electron chi connectivity index (χ0n) is 14.4. The van der Waals surface area contributed by atoms with Crippen molar-refractivity contribution in [2.24, 2.45) is 0 Å². The van der Waals surface area contributed by atoms with E-state index in [0.717, 1.165) is 28.9 Å². The number of nitrogens with zero attached hydrogens (tertiary/aromatic N) is 2. The van der Waals surface area contributed by atoms with Gasteiger partial charge in [-0.15, -0.1) is 0 Å². The van der Waals surface area contributed by atoms with Crippen molar-refractivity contribution in [1.29, 1.82) is 0 Å². The van der Waals surface area contributed by atoms with E-state index in [1.54, 1.807) is 12.1 Å². The first-order chi connectivity index (χ1) is 10.3. The molecule has 1 aromatic carbocycles. The predicted octanol–water partition coefficient (Wildman–Crippen LogP) is 5.01. The van der Waals surface area contributed by atoms with Gasteiger partial charge in [0.2, 0.25) is 0 Å². The molecule has 0 aliphatic heterocycles. The standard InChI is InChI=1S/C19H25FN2/c1-11(2)19-15(6)14(5)18(21-22-19)9-13(4)16-7-12(3)8-17(20)10-16/h7-8,10-11,13H,9H2,1-6H3/t13-/m1/s1. The normalized spacial score (nSPS) is 12.7. The molecule has 1 aromatic heterocycles. The van der Waals surface area contributed by atoms with Gasteiger partial charge in [0.15, 0.2) is 0 Å². The average Bonchev–Trinajstić information content (AvgIpc) is 2.42. The fraction of sp³-hybridized carbons (Fsp3) is 0.474. The van der Waals surface area contributed by atoms with Crippen molar-refractivity contribution in [3.8, 4) is 0 Å². The molecule has 2 rings (SSSR count). The van der Waals surface area contributed by atoms with Crippen LogP contribution >= 0.6 is 0 Å². The van der Waals surface area contributed by atoms with Crippen molar-refractivity contribution in [3.05, 3.63) is 57.7 Å². The van der Waals surface area contributed by atoms with Gasteiger partial charge in [0, 0.05) is 0 Å². The highest BCUT2D eigenvalue weighted by Gasteiger charge is 2.16. The van der Waals surface area contributed by atoms with E-state index in [4.69, 9.17) is 0 Å². The molecule has 3 heteroatoms. The molecule has 2 aromatic rings. The number of hydrogen-bond acceptors (Lipinski definition) is 2. The lowest BCUT2D eigenvalue weighted by Crippen LogP contribution is -2.09. The zero-order chi connectivity index (χ0) is 16.4. The Hall–Kier alpha value is -1.77. The molecule has 0 aliphatic carbocycles. The van der Waals surface area contributed by atoms with Gasteiger partial charge in [-0.1, -0.05) is 26.8 Å². The van der Waals surface area contributed by atoms with E-state index in [0.29, 0.717) is 5.92 Å². The smallest absolute Gasteiger partial charge is 0.123 e. The van der Waals surface area contributed by atoms with Gasteiger partial charge in [-0.2, -0.15) is 10.2 Å². The summed E-state index contributed by atoms with van der Waals surface area (Å²) in [5, 5.41) is 8.82. The molecule has 0 saturated heterocycles. The molecule has 22 heavy (non-hydrogen) atoms. The van der Waals surface area contributed by atoms with E-state index in [1.165, 1.54) is 11.1 Å². The van der Waals surface area contributed by atoms with E-state index < -0.39 is 0 Å². The third-order valence-corrected chi connectivity index (χ3v) is 4.34. The quantitative estimate of drug-likeness (QED) is 0.793. The molecule has 1 heterocycles. The predicted molar refractivity (Wildman–Crippen MR) is 88.9 cm³/mol. The molecular formula is C19H25FN2. The molecule has 0 fully saturated rings. The number of aromatic nitrogens is 2. The number of halogens is 1. The number of aryl methyl sites for hydroxylation is 1. The molecule has 2 nitrogen and oxygen atoms in total. The molecule has 0 unspecified atom stereocenters. The van der Waals surface area contributed by atoms with Crippen molar-refractivity contribution >= 4 is 0 Å². The molecular weight excluding hydrogens is 275 g/mol. The van der Waals surface area contributed by atoms with Crippen molar-refractivity contribution in [2.45, 2.75) is 59.8 Å². The van der Waals surface area contributed by atoms with Crippen LogP contribution in [0.4, 0.5) is 4.39 Å². The minimum atomic E-state index is -0.170. The highest BCUT2D eigenvalue weighted by atomic mass is 19.1. The van der Waals surface area contributed by atoms with Crippen LogP contribution in [0.25, 0.3) is 0 Å². The van der Waals surface area contributed by atoms with Crippen LogP contribution in [-0.4, -0.2) is 10.2 Å². The molecule has 0 bridgehead atoms. The minimum absolute atomic E-state index is 0.170. The van der Waals surface area contributed by atoms with Gasteiger partial charge in [0.05, 0.1) is 11.4 Å². The van der Waals surface area contributed by atoms with Gasteiger partial charge in [0.25, 0.3) is 0 Å². The lowest BCUT2D eigenvalue weighted by molar-refractivity contribution is 0.617. The maximum atomic E-state index is 13.6. The first-order valence-electron chi connectivity index (χ1n) is 7.89. The summed E-state index contributed by atoms with van der Waals surface area (Å²) in [5.41, 5.74) is 6.48. The van der Waals surface area contributed by atoms with Crippen LogP contribution in [-0.2, 0) is 6.42 Å². The Bertz CT molecular complexity index is 657. The first-order valence-corrected chi connectivity index (χ1v) is 7.89. The molecule has 0 N–H and O–H groups in total. The Morgan fingerprint density at radius 1 is 0.955 bits per heavy atom. The Morgan fingerprint density at radius 2 is 1.64 bits per heavy atom. The first kappa shape index (κ1) is 16.6. The lowest BCUT2D eigenvalue weighted by atomic mass is 9.92. The minimum Gasteiger partial charge on any atom is -0.207 e. The summed E-state index contributed by atoms with van der Waals surface area (Å²) in [6, 6.07) is 5.23. The van der Waals surface area contributed by atoms with Crippen LogP contribution < -0.4 is 0 Å². The summed E-state index contributed by atoms with van der Waals surface area (Å²) >= 11 is 0. The van der Waals surface area contributed by atoms with Gasteiger partial charge in [-0.25, -0.2) is 4.39 Å². The maximum absolute atomic E-state index is 13.6. The fourth-order valence-electron chi connectivity index (χ4n) is 2.87. The molecule has 0 saturated carbocycles. The molecule has 118 valence electrons. The fourth-order valence-corrected chi connectivity index (χ4v) is 2.87. The highest BCUT2D eigenvalue weighted by Crippen LogP contribution is 2.26. The van der Waals surface area contributed by atoms with Gasteiger partial charge in [-0.3, -0.25) is 0 Å². The molecule has 0 aliphatic rings. The third kappa shape index (κ3) is 3.52. The highest BCUT2D eigenvalue weighted by molar-refractivity contribution is 5.34. The topological polar surface area (TPSA) is 25.8 Å². The number of benzene rings is 1. The van der Waals surface area contributed by atoms with E-state index >= 15 is 0 Å². The second-order valence-electron chi connectivity index (χ2n) is 6.60. The van der Waals surface area contributed by atoms with Crippen LogP contribution in [0, 0.1) is 26.6 Å². The zero-order valence-corrected chi connectivity index (χ0v) is 14.4. The van der Waals surface area contributed by atoms with Crippen LogP contribution in [0.1, 0.15) is 66.2 Å². The van der Waals surface area contributed by atoms with Gasteiger partial charge in [0.1, 0.15) is 5.82 Å². The van der Waals surface area contributed by atoms with E-state index in [-0.39, 0.29) is 11.7 Å². The summed E-state index contributed by atoms with van der Waals surface area (Å²) in [6.45, 7) is 12.5. The Balaban J connectivity index is 2.28. The van der Waals surface area contributed by atoms with Crippen LogP contribution in [0.3, 0.4) is 0 Å². The van der Waals surface area contributed by atoms with E-state index in [9.17, 15) is 4.39 Å². The molecule has 0 amide bonds. The summed E-state index contributed by atoms with van der Waals surface area (Å²) in [4.78, 5) is 0. The van der Waals surface area contributed by atoms with Crippen molar-refractivity contribution in [1.82, 2.24) is 10.2 Å². The Morgan fingerprint density at radius 3 is 2.23 bits per heavy atom. The largest absolute Gasteiger partial charge is 0.207 e. The van der Waals surface area contributed by atoms with E-state index in [1.807, 2.05) is 13.0 Å². The van der Waals surface area contributed by atoms with Crippen molar-refractivity contribution in [2.75, 3.05) is 0 Å². The SMILES string of the molecule is Cc1cc(F)cc([C@H](C)Cc2nnc(C(C)C)c(C)c2C)c1. The molecule has 0 radical (unpaired) electrons. The molecule has 1 atom stereocenters. The number of rotatable bonds is 4. The monoisotopic (exact) mass is 300 g/mol. The van der Waals surface area contributed by atoms with Gasteiger partial charge >= 0.3 is 0 Å². The molecule has 0 spiro atoms. The van der Waals surface area contributed by atoms with Gasteiger partial charge in [-0.05, 0) is 73.4 Å². The number of hydrogen-bond donors (Lipinski definition) is 0. The van der Waals surface area contributed by atoms with Crippen molar-refractivity contribution in [3.63, 3.8) is 0 Å². The van der Waals surface area contributed by atoms with Gasteiger partial charge < -0.3 is 0 Å². The second kappa shape index (κ2) is 6.55. The summed E-state index contributed by atoms with van der Waals surface area (Å²) in [5.74, 6) is 0.422. The average molecular weight is 300 g/mol. The Kier molecular flexibility index (Phi) is 4.94. The lowest BCUT2D eigenvalue weighted by Gasteiger charge is -2.17. The summed E-state index contributed by atoms with van der Waals surface area (Å²) < 4.78 is 13.6. The van der Waals surface area contributed by atoms with Crippen molar-refractivity contribution < 1.29 is 4.39 Å². The van der Waals surface area contributed by atoms with Crippen LogP contribution in [0.15, 0.2) is 18.2 Å². The van der Waals surface area contributed by atoms with Crippen LogP contribution in [0.2, 0.25) is 0 Å². The van der Waals surface area contributed by atoms with Crippen LogP contribution in [0.5, 0.6) is 0 Å². The van der Waals surface area contributed by atoms with E-state index in [2.05, 4.69) is 44.8 Å².